The highest BCUT2D eigenvalue weighted by Gasteiger charge is 2.14. The van der Waals surface area contributed by atoms with Crippen LogP contribution in [0, 0.1) is 6.92 Å². The van der Waals surface area contributed by atoms with E-state index in [4.69, 9.17) is 9.15 Å². The molecule has 7 nitrogen and oxygen atoms in total. The Bertz CT molecular complexity index is 950. The third kappa shape index (κ3) is 4.52. The lowest BCUT2D eigenvalue weighted by Crippen LogP contribution is -2.14. The molecule has 2 aromatic carbocycles. The molecule has 0 atom stereocenters. The first-order chi connectivity index (χ1) is 13.1. The van der Waals surface area contributed by atoms with Gasteiger partial charge in [0.2, 0.25) is 5.89 Å². The number of oxazole rings is 1. The van der Waals surface area contributed by atoms with E-state index in [0.717, 1.165) is 11.1 Å². The number of nitrogens with one attached hydrogen (secondary N) is 1. The van der Waals surface area contributed by atoms with Crippen LogP contribution in [0.1, 0.15) is 21.6 Å². The van der Waals surface area contributed by atoms with Gasteiger partial charge in [0.05, 0.1) is 7.11 Å². The Morgan fingerprint density at radius 1 is 1.15 bits per heavy atom. The fourth-order valence-corrected chi connectivity index (χ4v) is 2.41. The molecule has 1 N–H and O–H groups in total. The van der Waals surface area contributed by atoms with Gasteiger partial charge in [-0.3, -0.25) is 5.32 Å². The fraction of sp³-hybridized carbons (Fsp3) is 0.150. The summed E-state index contributed by atoms with van der Waals surface area (Å²) in [7, 11) is 1.28. The molecule has 0 unspecified atom stereocenters. The molecule has 1 amide bonds. The molecule has 3 rings (SSSR count). The number of hydrogen-bond donors (Lipinski definition) is 1. The van der Waals surface area contributed by atoms with Crippen LogP contribution in [0.2, 0.25) is 0 Å². The smallest absolute Gasteiger partial charge is 0.411 e. The van der Waals surface area contributed by atoms with E-state index >= 15 is 0 Å². The average Bonchev–Trinajstić information content (AvgIpc) is 3.18. The largest absolute Gasteiger partial charge is 0.464 e. The highest BCUT2D eigenvalue weighted by Crippen LogP contribution is 2.25. The number of carbonyl (C=O) groups is 2. The molecule has 27 heavy (non-hydrogen) atoms. The van der Waals surface area contributed by atoms with Crippen LogP contribution >= 0.6 is 0 Å². The van der Waals surface area contributed by atoms with Gasteiger partial charge in [0.25, 0.3) is 0 Å². The van der Waals surface area contributed by atoms with Crippen LogP contribution in [0.5, 0.6) is 0 Å². The first kappa shape index (κ1) is 18.2. The summed E-state index contributed by atoms with van der Waals surface area (Å²) in [6.07, 6.45) is 0.697. The van der Waals surface area contributed by atoms with Gasteiger partial charge in [-0.1, -0.05) is 30.3 Å². The molecule has 0 aliphatic heterocycles. The Labute approximate surface area is 155 Å². The van der Waals surface area contributed by atoms with Gasteiger partial charge < -0.3 is 13.9 Å². The first-order valence-electron chi connectivity index (χ1n) is 8.19. The highest BCUT2D eigenvalue weighted by molar-refractivity contribution is 5.88. The number of aromatic nitrogens is 1. The van der Waals surface area contributed by atoms with Crippen molar-refractivity contribution in [3.63, 3.8) is 0 Å². The van der Waals surface area contributed by atoms with Gasteiger partial charge in [-0.05, 0) is 36.2 Å². The maximum Gasteiger partial charge on any atom is 0.411 e. The molecule has 0 saturated heterocycles. The molecule has 7 heteroatoms. The van der Waals surface area contributed by atoms with Crippen molar-refractivity contribution in [1.82, 2.24) is 4.98 Å². The number of esters is 1. The number of ether oxygens (including phenoxy) is 2. The van der Waals surface area contributed by atoms with Gasteiger partial charge >= 0.3 is 12.1 Å². The van der Waals surface area contributed by atoms with E-state index in [1.807, 2.05) is 37.3 Å². The zero-order valence-corrected chi connectivity index (χ0v) is 14.9. The Kier molecular flexibility index (Phi) is 5.51. The van der Waals surface area contributed by atoms with Crippen LogP contribution in [0.4, 0.5) is 10.5 Å². The summed E-state index contributed by atoms with van der Waals surface area (Å²) in [6.45, 7) is 2.02. The molecular weight excluding hydrogens is 348 g/mol. The Morgan fingerprint density at radius 2 is 1.93 bits per heavy atom. The van der Waals surface area contributed by atoms with Crippen molar-refractivity contribution < 1.29 is 23.5 Å². The monoisotopic (exact) mass is 366 g/mol. The van der Waals surface area contributed by atoms with Crippen molar-refractivity contribution in [3.05, 3.63) is 71.6 Å². The van der Waals surface area contributed by atoms with E-state index in [1.54, 1.807) is 18.2 Å². The van der Waals surface area contributed by atoms with Crippen LogP contribution in [0.3, 0.4) is 0 Å². The van der Waals surface area contributed by atoms with Gasteiger partial charge in [-0.15, -0.1) is 0 Å². The van der Waals surface area contributed by atoms with E-state index in [9.17, 15) is 9.59 Å². The summed E-state index contributed by atoms with van der Waals surface area (Å²) < 4.78 is 15.1. The Morgan fingerprint density at radius 3 is 2.63 bits per heavy atom. The summed E-state index contributed by atoms with van der Waals surface area (Å²) in [6, 6.07) is 14.7. The molecule has 0 bridgehead atoms. The maximum absolute atomic E-state index is 12.0. The topological polar surface area (TPSA) is 90.7 Å². The maximum atomic E-state index is 12.0. The molecule has 138 valence electrons. The number of hydrogen-bond acceptors (Lipinski definition) is 6. The first-order valence-corrected chi connectivity index (χ1v) is 8.19. The molecule has 1 heterocycles. The van der Waals surface area contributed by atoms with Crippen molar-refractivity contribution in [2.75, 3.05) is 12.4 Å². The zero-order chi connectivity index (χ0) is 19.2. The van der Waals surface area contributed by atoms with Gasteiger partial charge in [0.1, 0.15) is 12.9 Å². The second-order valence-corrected chi connectivity index (χ2v) is 5.75. The SMILES string of the molecule is COC(=O)c1coc(-c2ccc(NC(=O)OCc3ccccc3)c(C)c2)n1. The zero-order valence-electron chi connectivity index (χ0n) is 14.9. The minimum atomic E-state index is -0.568. The fourth-order valence-electron chi connectivity index (χ4n) is 2.41. The minimum Gasteiger partial charge on any atom is -0.464 e. The van der Waals surface area contributed by atoms with Crippen LogP contribution < -0.4 is 5.32 Å². The number of nitrogens with zero attached hydrogens (tertiary/aromatic N) is 1. The number of aryl methyl sites for hydroxylation is 1. The van der Waals surface area contributed by atoms with Crippen molar-refractivity contribution in [2.45, 2.75) is 13.5 Å². The van der Waals surface area contributed by atoms with Crippen molar-refractivity contribution >= 4 is 17.7 Å². The van der Waals surface area contributed by atoms with E-state index in [2.05, 4.69) is 15.0 Å². The second-order valence-electron chi connectivity index (χ2n) is 5.75. The summed E-state index contributed by atoms with van der Waals surface area (Å²) in [4.78, 5) is 27.5. The average molecular weight is 366 g/mol. The molecule has 0 spiro atoms. The highest BCUT2D eigenvalue weighted by atomic mass is 16.5. The third-order valence-corrected chi connectivity index (χ3v) is 3.82. The predicted octanol–water partition coefficient (Wildman–Crippen LogP) is 4.19. The van der Waals surface area contributed by atoms with E-state index in [1.165, 1.54) is 13.4 Å². The van der Waals surface area contributed by atoms with Crippen LogP contribution in [0.15, 0.2) is 59.2 Å². The number of anilines is 1. The molecule has 1 aromatic heterocycles. The Hall–Kier alpha value is -3.61. The molecule has 0 fully saturated rings. The molecule has 0 saturated carbocycles. The van der Waals surface area contributed by atoms with Crippen LogP contribution in [-0.4, -0.2) is 24.2 Å². The quantitative estimate of drug-likeness (QED) is 0.681. The number of benzene rings is 2. The van der Waals surface area contributed by atoms with E-state index < -0.39 is 12.1 Å². The summed E-state index contributed by atoms with van der Waals surface area (Å²) in [5.41, 5.74) is 3.08. The van der Waals surface area contributed by atoms with Crippen molar-refractivity contribution in [3.8, 4) is 11.5 Å². The predicted molar refractivity (Wildman–Crippen MR) is 98.3 cm³/mol. The van der Waals surface area contributed by atoms with Crippen LogP contribution in [-0.2, 0) is 16.1 Å². The minimum absolute atomic E-state index is 0.0943. The van der Waals surface area contributed by atoms with Crippen molar-refractivity contribution in [1.29, 1.82) is 0 Å². The molecule has 0 aliphatic carbocycles. The lowest BCUT2D eigenvalue weighted by Gasteiger charge is -2.10. The second kappa shape index (κ2) is 8.18. The van der Waals surface area contributed by atoms with E-state index in [-0.39, 0.29) is 18.2 Å². The van der Waals surface area contributed by atoms with E-state index in [0.29, 0.717) is 11.3 Å². The van der Waals surface area contributed by atoms with Gasteiger partial charge in [0.15, 0.2) is 5.69 Å². The third-order valence-electron chi connectivity index (χ3n) is 3.82. The number of methoxy groups -OCH3 is 1. The molecule has 0 radical (unpaired) electrons. The molecule has 0 aliphatic rings. The Balaban J connectivity index is 1.65. The molecular formula is C20H18N2O5. The summed E-state index contributed by atoms with van der Waals surface area (Å²) in [5, 5.41) is 2.71. The lowest BCUT2D eigenvalue weighted by atomic mass is 10.1. The lowest BCUT2D eigenvalue weighted by molar-refractivity contribution is 0.0594. The number of carbonyl (C=O) groups excluding carboxylic acids is 2. The van der Waals surface area contributed by atoms with Crippen LogP contribution in [0.25, 0.3) is 11.5 Å². The normalized spacial score (nSPS) is 10.3. The standard InChI is InChI=1S/C20H18N2O5/c1-13-10-15(18-21-17(12-26-18)19(23)25-2)8-9-16(13)22-20(24)27-11-14-6-4-3-5-7-14/h3-10,12H,11H2,1-2H3,(H,22,24). The van der Waals surface area contributed by atoms with Gasteiger partial charge in [-0.25, -0.2) is 14.6 Å². The summed E-state index contributed by atoms with van der Waals surface area (Å²) >= 11 is 0. The summed E-state index contributed by atoms with van der Waals surface area (Å²) in [5.74, 6) is -0.280. The molecule has 3 aromatic rings. The van der Waals surface area contributed by atoms with Gasteiger partial charge in [-0.2, -0.15) is 0 Å². The number of rotatable bonds is 5. The van der Waals surface area contributed by atoms with Gasteiger partial charge in [0, 0.05) is 11.3 Å². The number of amides is 1. The van der Waals surface area contributed by atoms with Crippen molar-refractivity contribution in [2.24, 2.45) is 0 Å².